The monoisotopic (exact) mass is 212 g/mol. The van der Waals surface area contributed by atoms with Gasteiger partial charge in [-0.3, -0.25) is 4.79 Å². The molecule has 1 rings (SSSR count). The van der Waals surface area contributed by atoms with Crippen molar-refractivity contribution in [3.05, 3.63) is 0 Å². The highest BCUT2D eigenvalue weighted by atomic mass is 16.2. The molecule has 1 amide bonds. The molecule has 0 radical (unpaired) electrons. The van der Waals surface area contributed by atoms with Crippen molar-refractivity contribution in [2.75, 3.05) is 13.1 Å². The fraction of sp³-hybridized carbons (Fsp3) is 0.917. The minimum absolute atomic E-state index is 0.198. The van der Waals surface area contributed by atoms with Crippen LogP contribution in [0.25, 0.3) is 0 Å². The standard InChI is InChI=1S/C12H24N2O/c1-9(2)13-12(15)11-6-5-7-14(8-11)10(3)4/h9-11H,5-8H2,1-4H3,(H,13,15)/t11-/m0/s1. The Balaban J connectivity index is 2.45. The summed E-state index contributed by atoms with van der Waals surface area (Å²) in [6.07, 6.45) is 2.19. The van der Waals surface area contributed by atoms with Gasteiger partial charge in [0.05, 0.1) is 5.92 Å². The lowest BCUT2D eigenvalue weighted by molar-refractivity contribution is -0.127. The number of carbonyl (C=O) groups is 1. The molecule has 0 aromatic heterocycles. The molecule has 0 unspecified atom stereocenters. The summed E-state index contributed by atoms with van der Waals surface area (Å²) < 4.78 is 0. The maximum Gasteiger partial charge on any atom is 0.224 e. The first-order chi connectivity index (χ1) is 7.00. The molecule has 3 heteroatoms. The van der Waals surface area contributed by atoms with Crippen LogP contribution in [-0.2, 0) is 4.79 Å². The maximum absolute atomic E-state index is 11.8. The summed E-state index contributed by atoms with van der Waals surface area (Å²) in [5.74, 6) is 0.430. The lowest BCUT2D eigenvalue weighted by atomic mass is 9.96. The number of rotatable bonds is 3. The van der Waals surface area contributed by atoms with Gasteiger partial charge in [0.25, 0.3) is 0 Å². The van der Waals surface area contributed by atoms with Gasteiger partial charge in [-0.05, 0) is 47.1 Å². The highest BCUT2D eigenvalue weighted by Gasteiger charge is 2.26. The Morgan fingerprint density at radius 2 is 2.00 bits per heavy atom. The third-order valence-electron chi connectivity index (χ3n) is 2.98. The molecule has 0 spiro atoms. The van der Waals surface area contributed by atoms with E-state index in [0.29, 0.717) is 6.04 Å². The van der Waals surface area contributed by atoms with E-state index in [-0.39, 0.29) is 17.9 Å². The first kappa shape index (κ1) is 12.5. The van der Waals surface area contributed by atoms with E-state index < -0.39 is 0 Å². The molecular formula is C12H24N2O. The third kappa shape index (κ3) is 3.82. The van der Waals surface area contributed by atoms with Crippen molar-refractivity contribution in [1.82, 2.24) is 10.2 Å². The molecule has 15 heavy (non-hydrogen) atoms. The van der Waals surface area contributed by atoms with Gasteiger partial charge in [-0.1, -0.05) is 0 Å². The van der Waals surface area contributed by atoms with Crippen LogP contribution in [-0.4, -0.2) is 36.0 Å². The van der Waals surface area contributed by atoms with Gasteiger partial charge in [-0.15, -0.1) is 0 Å². The SMILES string of the molecule is CC(C)NC(=O)[C@H]1CCCN(C(C)C)C1. The largest absolute Gasteiger partial charge is 0.354 e. The quantitative estimate of drug-likeness (QED) is 0.771. The van der Waals surface area contributed by atoms with Crippen molar-refractivity contribution in [3.8, 4) is 0 Å². The average molecular weight is 212 g/mol. The second kappa shape index (κ2) is 5.50. The van der Waals surface area contributed by atoms with Crippen LogP contribution in [0.1, 0.15) is 40.5 Å². The Labute approximate surface area is 93.2 Å². The average Bonchev–Trinajstić information content (AvgIpc) is 2.17. The molecule has 0 aromatic carbocycles. The van der Waals surface area contributed by atoms with Crippen LogP contribution in [0.3, 0.4) is 0 Å². The minimum atomic E-state index is 0.198. The predicted octanol–water partition coefficient (Wildman–Crippen LogP) is 1.63. The number of carbonyl (C=O) groups excluding carboxylic acids is 1. The smallest absolute Gasteiger partial charge is 0.224 e. The summed E-state index contributed by atoms with van der Waals surface area (Å²) in [4.78, 5) is 14.2. The molecule has 1 N–H and O–H groups in total. The summed E-state index contributed by atoms with van der Waals surface area (Å²) in [6.45, 7) is 10.5. The van der Waals surface area contributed by atoms with Crippen molar-refractivity contribution in [3.63, 3.8) is 0 Å². The van der Waals surface area contributed by atoms with Gasteiger partial charge in [-0.2, -0.15) is 0 Å². The van der Waals surface area contributed by atoms with Crippen LogP contribution in [0.15, 0.2) is 0 Å². The Kier molecular flexibility index (Phi) is 4.58. The molecule has 3 nitrogen and oxygen atoms in total. The van der Waals surface area contributed by atoms with E-state index in [1.165, 1.54) is 0 Å². The zero-order valence-corrected chi connectivity index (χ0v) is 10.4. The van der Waals surface area contributed by atoms with Gasteiger partial charge in [0.2, 0.25) is 5.91 Å². The first-order valence-electron chi connectivity index (χ1n) is 6.05. The van der Waals surface area contributed by atoms with Crippen molar-refractivity contribution in [1.29, 1.82) is 0 Å². The predicted molar refractivity (Wildman–Crippen MR) is 62.7 cm³/mol. The van der Waals surface area contributed by atoms with E-state index in [2.05, 4.69) is 24.1 Å². The van der Waals surface area contributed by atoms with Crippen LogP contribution in [0, 0.1) is 5.92 Å². The van der Waals surface area contributed by atoms with Crippen LogP contribution in [0.2, 0.25) is 0 Å². The minimum Gasteiger partial charge on any atom is -0.354 e. The molecule has 1 fully saturated rings. The van der Waals surface area contributed by atoms with Gasteiger partial charge in [-0.25, -0.2) is 0 Å². The summed E-state index contributed by atoms with van der Waals surface area (Å²) >= 11 is 0. The molecule has 1 aliphatic rings. The summed E-state index contributed by atoms with van der Waals surface area (Å²) in [5, 5.41) is 3.01. The van der Waals surface area contributed by atoms with E-state index in [0.717, 1.165) is 25.9 Å². The number of piperidine rings is 1. The zero-order valence-electron chi connectivity index (χ0n) is 10.4. The number of nitrogens with one attached hydrogen (secondary N) is 1. The Bertz CT molecular complexity index is 214. The molecule has 0 aromatic rings. The fourth-order valence-electron chi connectivity index (χ4n) is 2.09. The van der Waals surface area contributed by atoms with Gasteiger partial charge < -0.3 is 10.2 Å². The van der Waals surface area contributed by atoms with E-state index in [9.17, 15) is 4.79 Å². The van der Waals surface area contributed by atoms with Crippen LogP contribution in [0.4, 0.5) is 0 Å². The van der Waals surface area contributed by atoms with Crippen LogP contribution >= 0.6 is 0 Å². The summed E-state index contributed by atoms with van der Waals surface area (Å²) in [5.41, 5.74) is 0. The highest BCUT2D eigenvalue weighted by molar-refractivity contribution is 5.79. The number of likely N-dealkylation sites (tertiary alicyclic amines) is 1. The Morgan fingerprint density at radius 3 is 2.53 bits per heavy atom. The lowest BCUT2D eigenvalue weighted by Crippen LogP contribution is -2.46. The van der Waals surface area contributed by atoms with E-state index in [1.807, 2.05) is 13.8 Å². The van der Waals surface area contributed by atoms with E-state index >= 15 is 0 Å². The molecular weight excluding hydrogens is 188 g/mol. The highest BCUT2D eigenvalue weighted by Crippen LogP contribution is 2.18. The fourth-order valence-corrected chi connectivity index (χ4v) is 2.09. The summed E-state index contributed by atoms with van der Waals surface area (Å²) in [7, 11) is 0. The summed E-state index contributed by atoms with van der Waals surface area (Å²) in [6, 6.07) is 0.812. The Hall–Kier alpha value is -0.570. The number of hydrogen-bond acceptors (Lipinski definition) is 2. The number of nitrogens with zero attached hydrogens (tertiary/aromatic N) is 1. The second-order valence-corrected chi connectivity index (χ2v) is 5.09. The molecule has 0 saturated carbocycles. The van der Waals surface area contributed by atoms with Crippen LogP contribution in [0.5, 0.6) is 0 Å². The topological polar surface area (TPSA) is 32.3 Å². The van der Waals surface area contributed by atoms with Gasteiger partial charge in [0, 0.05) is 18.6 Å². The number of amides is 1. The van der Waals surface area contributed by atoms with Gasteiger partial charge >= 0.3 is 0 Å². The van der Waals surface area contributed by atoms with Crippen molar-refractivity contribution in [2.45, 2.75) is 52.6 Å². The molecule has 1 aliphatic heterocycles. The molecule has 0 bridgehead atoms. The molecule has 1 saturated heterocycles. The lowest BCUT2D eigenvalue weighted by Gasteiger charge is -2.35. The van der Waals surface area contributed by atoms with Gasteiger partial charge in [0.15, 0.2) is 0 Å². The molecule has 0 aliphatic carbocycles. The zero-order chi connectivity index (χ0) is 11.4. The normalized spacial score (nSPS) is 23.5. The van der Waals surface area contributed by atoms with Gasteiger partial charge in [0.1, 0.15) is 0 Å². The van der Waals surface area contributed by atoms with E-state index in [4.69, 9.17) is 0 Å². The van der Waals surface area contributed by atoms with Crippen LogP contribution < -0.4 is 5.32 Å². The van der Waals surface area contributed by atoms with Crippen molar-refractivity contribution < 1.29 is 4.79 Å². The Morgan fingerprint density at radius 1 is 1.33 bits per heavy atom. The molecule has 1 heterocycles. The second-order valence-electron chi connectivity index (χ2n) is 5.09. The van der Waals surface area contributed by atoms with E-state index in [1.54, 1.807) is 0 Å². The molecule has 88 valence electrons. The first-order valence-corrected chi connectivity index (χ1v) is 6.05. The van der Waals surface area contributed by atoms with Crippen molar-refractivity contribution >= 4 is 5.91 Å². The van der Waals surface area contributed by atoms with Crippen molar-refractivity contribution in [2.24, 2.45) is 5.92 Å². The number of hydrogen-bond donors (Lipinski definition) is 1. The molecule has 1 atom stereocenters. The third-order valence-corrected chi connectivity index (χ3v) is 2.98. The maximum atomic E-state index is 11.8.